The summed E-state index contributed by atoms with van der Waals surface area (Å²) < 4.78 is 9.32. The van der Waals surface area contributed by atoms with Gasteiger partial charge in [-0.15, -0.1) is 0 Å². The van der Waals surface area contributed by atoms with Gasteiger partial charge in [0.15, 0.2) is 0 Å². The van der Waals surface area contributed by atoms with E-state index in [1.165, 1.54) is 43.4 Å². The topological polar surface area (TPSA) is 45.5 Å². The normalized spacial score (nSPS) is 12.0. The van der Waals surface area contributed by atoms with Crippen molar-refractivity contribution in [1.29, 1.82) is 0 Å². The van der Waals surface area contributed by atoms with Gasteiger partial charge in [-0.25, -0.2) is 9.97 Å². The SMILES string of the molecule is CCc1c(-c2c(C)n(-c3cccc(-n4c5ccccc5c5ccccc54)n3)c3ccccc23)n(-c2cccc(-n3c4ccccc4c4ccccc43)n2)c2ccccc12. The van der Waals surface area contributed by atoms with E-state index in [2.05, 4.69) is 214 Å². The van der Waals surface area contributed by atoms with Crippen molar-refractivity contribution in [1.82, 2.24) is 28.2 Å². The van der Waals surface area contributed by atoms with E-state index in [1.807, 2.05) is 0 Å². The Labute approximate surface area is 340 Å². The molecule has 0 fully saturated rings. The molecule has 6 aromatic heterocycles. The number of aromatic nitrogens is 6. The molecule has 0 spiro atoms. The van der Waals surface area contributed by atoms with Gasteiger partial charge in [0.1, 0.15) is 23.3 Å². The van der Waals surface area contributed by atoms with Crippen LogP contribution in [0.25, 0.3) is 99.9 Å². The Kier molecular flexibility index (Phi) is 7.32. The van der Waals surface area contributed by atoms with Crippen molar-refractivity contribution in [2.24, 2.45) is 0 Å². The predicted octanol–water partition coefficient (Wildman–Crippen LogP) is 13.1. The molecule has 12 aromatic rings. The smallest absolute Gasteiger partial charge is 0.140 e. The first-order valence-corrected chi connectivity index (χ1v) is 20.3. The Morgan fingerprint density at radius 2 is 0.661 bits per heavy atom. The number of pyridine rings is 2. The Bertz CT molecular complexity index is 3520. The van der Waals surface area contributed by atoms with Crippen molar-refractivity contribution in [3.05, 3.63) is 193 Å². The molecule has 0 saturated heterocycles. The zero-order valence-corrected chi connectivity index (χ0v) is 32.7. The van der Waals surface area contributed by atoms with Crippen molar-refractivity contribution >= 4 is 65.4 Å². The maximum absolute atomic E-state index is 5.54. The maximum Gasteiger partial charge on any atom is 0.140 e. The number of nitrogens with zero attached hydrogens (tertiary/aromatic N) is 6. The fourth-order valence-corrected chi connectivity index (χ4v) is 9.79. The molecule has 0 aliphatic heterocycles. The lowest BCUT2D eigenvalue weighted by Crippen LogP contribution is -2.06. The summed E-state index contributed by atoms with van der Waals surface area (Å²) in [5.74, 6) is 3.51. The van der Waals surface area contributed by atoms with Crippen LogP contribution >= 0.6 is 0 Å². The summed E-state index contributed by atoms with van der Waals surface area (Å²) in [6.07, 6.45) is 0.857. The Morgan fingerprint density at radius 3 is 1.08 bits per heavy atom. The molecule has 0 bridgehead atoms. The predicted molar refractivity (Wildman–Crippen MR) is 244 cm³/mol. The van der Waals surface area contributed by atoms with Crippen LogP contribution in [0.4, 0.5) is 0 Å². The first kappa shape index (κ1) is 33.4. The first-order chi connectivity index (χ1) is 29.2. The van der Waals surface area contributed by atoms with Crippen molar-refractivity contribution < 1.29 is 0 Å². The molecule has 0 aliphatic carbocycles. The third kappa shape index (κ3) is 4.80. The first-order valence-electron chi connectivity index (χ1n) is 20.3. The minimum atomic E-state index is 0.857. The summed E-state index contributed by atoms with van der Waals surface area (Å²) in [5, 5.41) is 7.28. The standard InChI is InChI=1S/C53H38N6/c1-3-35-36-18-4-14-28-46(36)59(51-33-17-32-50(55-51)58-44-26-12-7-21-39(44)40-22-8-13-27-45(40)58)53(35)52-34(2)56(47-29-15-9-23-41(47)52)48-30-16-31-49(54-48)57-42-24-10-5-19-37(42)38-20-6-11-25-43(38)57/h4-33H,3H2,1-2H3. The van der Waals surface area contributed by atoms with Crippen molar-refractivity contribution in [3.8, 4) is 34.5 Å². The highest BCUT2D eigenvalue weighted by Gasteiger charge is 2.27. The van der Waals surface area contributed by atoms with E-state index in [0.29, 0.717) is 0 Å². The molecule has 6 aromatic carbocycles. The Hall–Kier alpha value is -7.70. The summed E-state index contributed by atoms with van der Waals surface area (Å²) in [5.41, 5.74) is 11.6. The summed E-state index contributed by atoms with van der Waals surface area (Å²) in [7, 11) is 0. The quantitative estimate of drug-likeness (QED) is 0.169. The average Bonchev–Trinajstić information content (AvgIpc) is 4.00. The molecule has 0 saturated carbocycles. The zero-order valence-electron chi connectivity index (χ0n) is 32.7. The van der Waals surface area contributed by atoms with Crippen LogP contribution in [0.15, 0.2) is 182 Å². The van der Waals surface area contributed by atoms with Crippen LogP contribution in [0, 0.1) is 6.92 Å². The van der Waals surface area contributed by atoms with E-state index in [-0.39, 0.29) is 0 Å². The third-order valence-corrected chi connectivity index (χ3v) is 12.2. The lowest BCUT2D eigenvalue weighted by atomic mass is 10.0. The summed E-state index contributed by atoms with van der Waals surface area (Å²) in [6.45, 7) is 4.51. The largest absolute Gasteiger partial charge is 0.298 e. The summed E-state index contributed by atoms with van der Waals surface area (Å²) in [6, 6.07) is 64.8. The van der Waals surface area contributed by atoms with Gasteiger partial charge in [0.25, 0.3) is 0 Å². The molecular formula is C53H38N6. The van der Waals surface area contributed by atoms with Crippen molar-refractivity contribution in [3.63, 3.8) is 0 Å². The molecule has 0 unspecified atom stereocenters. The Balaban J connectivity index is 1.11. The van der Waals surface area contributed by atoms with Crippen LogP contribution in [-0.4, -0.2) is 28.2 Å². The molecule has 0 N–H and O–H groups in total. The molecule has 12 rings (SSSR count). The Morgan fingerprint density at radius 1 is 0.339 bits per heavy atom. The van der Waals surface area contributed by atoms with Gasteiger partial charge in [-0.2, -0.15) is 0 Å². The van der Waals surface area contributed by atoms with Gasteiger partial charge in [-0.05, 0) is 79.6 Å². The van der Waals surface area contributed by atoms with E-state index in [4.69, 9.17) is 9.97 Å². The number of para-hydroxylation sites is 6. The molecule has 6 nitrogen and oxygen atoms in total. The highest BCUT2D eigenvalue weighted by molar-refractivity contribution is 6.10. The van der Waals surface area contributed by atoms with Gasteiger partial charge in [0.2, 0.25) is 0 Å². The molecule has 59 heavy (non-hydrogen) atoms. The molecule has 280 valence electrons. The van der Waals surface area contributed by atoms with Gasteiger partial charge in [-0.1, -0.05) is 128 Å². The molecule has 0 aliphatic rings. The number of aryl methyl sites for hydroxylation is 1. The second-order valence-corrected chi connectivity index (χ2v) is 15.3. The van der Waals surface area contributed by atoms with Crippen LogP contribution in [0.2, 0.25) is 0 Å². The number of hydrogen-bond acceptors (Lipinski definition) is 2. The van der Waals surface area contributed by atoms with Gasteiger partial charge in [-0.3, -0.25) is 18.3 Å². The van der Waals surface area contributed by atoms with Crippen LogP contribution in [0.3, 0.4) is 0 Å². The lowest BCUT2D eigenvalue weighted by Gasteiger charge is -2.15. The number of benzene rings is 6. The average molecular weight is 759 g/mol. The zero-order chi connectivity index (χ0) is 39.2. The van der Waals surface area contributed by atoms with Gasteiger partial charge >= 0.3 is 0 Å². The van der Waals surface area contributed by atoms with Gasteiger partial charge < -0.3 is 0 Å². The molecule has 6 heteroatoms. The molecule has 6 heterocycles. The lowest BCUT2D eigenvalue weighted by molar-refractivity contribution is 0.958. The summed E-state index contributed by atoms with van der Waals surface area (Å²) >= 11 is 0. The second-order valence-electron chi connectivity index (χ2n) is 15.3. The minimum absolute atomic E-state index is 0.857. The second kappa shape index (κ2) is 12.9. The van der Waals surface area contributed by atoms with E-state index in [0.717, 1.165) is 74.2 Å². The highest BCUT2D eigenvalue weighted by atomic mass is 15.2. The van der Waals surface area contributed by atoms with Crippen LogP contribution in [-0.2, 0) is 6.42 Å². The summed E-state index contributed by atoms with van der Waals surface area (Å²) in [4.78, 5) is 11.0. The monoisotopic (exact) mass is 758 g/mol. The fourth-order valence-electron chi connectivity index (χ4n) is 9.79. The van der Waals surface area contributed by atoms with E-state index < -0.39 is 0 Å². The van der Waals surface area contributed by atoms with Crippen LogP contribution < -0.4 is 0 Å². The number of hydrogen-bond donors (Lipinski definition) is 0. The molecular weight excluding hydrogens is 721 g/mol. The fraction of sp³-hybridized carbons (Fsp3) is 0.0566. The van der Waals surface area contributed by atoms with E-state index in [1.54, 1.807) is 0 Å². The number of rotatable bonds is 6. The molecule has 0 radical (unpaired) electrons. The molecule has 0 amide bonds. The van der Waals surface area contributed by atoms with E-state index >= 15 is 0 Å². The highest BCUT2D eigenvalue weighted by Crippen LogP contribution is 2.44. The van der Waals surface area contributed by atoms with Crippen molar-refractivity contribution in [2.75, 3.05) is 0 Å². The van der Waals surface area contributed by atoms with Crippen LogP contribution in [0.1, 0.15) is 18.2 Å². The van der Waals surface area contributed by atoms with E-state index in [9.17, 15) is 0 Å². The van der Waals surface area contributed by atoms with Crippen LogP contribution in [0.5, 0.6) is 0 Å². The van der Waals surface area contributed by atoms with Gasteiger partial charge in [0.05, 0.1) is 38.8 Å². The van der Waals surface area contributed by atoms with Crippen molar-refractivity contribution in [2.45, 2.75) is 20.3 Å². The molecule has 0 atom stereocenters. The van der Waals surface area contributed by atoms with Gasteiger partial charge in [0, 0.05) is 43.6 Å². The third-order valence-electron chi connectivity index (χ3n) is 12.2. The number of fused-ring (bicyclic) bond motifs is 8. The minimum Gasteiger partial charge on any atom is -0.298 e. The maximum atomic E-state index is 5.54.